The fraction of sp³-hybridized carbons (Fsp3) is 0.455. The minimum absolute atomic E-state index is 0.519. The van der Waals surface area contributed by atoms with E-state index in [-0.39, 0.29) is 0 Å². The van der Waals surface area contributed by atoms with Crippen molar-refractivity contribution in [2.75, 3.05) is 18.0 Å². The van der Waals surface area contributed by atoms with Gasteiger partial charge in [-0.3, -0.25) is 0 Å². The lowest BCUT2D eigenvalue weighted by Crippen LogP contribution is -2.61. The van der Waals surface area contributed by atoms with E-state index in [1.54, 1.807) is 17.7 Å². The lowest BCUT2D eigenvalue weighted by molar-refractivity contribution is 0.00825. The Balaban J connectivity index is 1.94. The van der Waals surface area contributed by atoms with Gasteiger partial charge < -0.3 is 10.0 Å². The highest BCUT2D eigenvalue weighted by Crippen LogP contribution is 2.34. The van der Waals surface area contributed by atoms with Gasteiger partial charge >= 0.3 is 0 Å². The molecule has 1 aliphatic rings. The maximum atomic E-state index is 9.99. The third-order valence-corrected chi connectivity index (χ3v) is 4.05. The van der Waals surface area contributed by atoms with E-state index in [4.69, 9.17) is 0 Å². The van der Waals surface area contributed by atoms with Crippen molar-refractivity contribution in [3.8, 4) is 0 Å². The molecule has 0 radical (unpaired) electrons. The van der Waals surface area contributed by atoms with Crippen LogP contribution < -0.4 is 4.90 Å². The Labute approximate surface area is 97.6 Å². The summed E-state index contributed by atoms with van der Waals surface area (Å²) in [5.41, 5.74) is 0.469. The summed E-state index contributed by atoms with van der Waals surface area (Å²) >= 11 is 1.65. The van der Waals surface area contributed by atoms with E-state index < -0.39 is 5.60 Å². The molecule has 5 heteroatoms. The highest BCUT2D eigenvalue weighted by atomic mass is 32.1. The first-order chi connectivity index (χ1) is 7.72. The molecule has 1 N–H and O–H groups in total. The predicted octanol–water partition coefficient (Wildman–Crippen LogP) is 1.65. The second-order valence-electron chi connectivity index (χ2n) is 4.27. The fourth-order valence-corrected chi connectivity index (χ4v) is 2.90. The monoisotopic (exact) mass is 235 g/mol. The smallest absolute Gasteiger partial charge is 0.150 e. The summed E-state index contributed by atoms with van der Waals surface area (Å²) in [5.74, 6) is 0.957. The molecule has 0 amide bonds. The molecule has 1 saturated heterocycles. The molecule has 1 aliphatic heterocycles. The minimum atomic E-state index is -0.519. The summed E-state index contributed by atoms with van der Waals surface area (Å²) in [5, 5.41) is 12.0. The summed E-state index contributed by atoms with van der Waals surface area (Å²) < 4.78 is 1.11. The van der Waals surface area contributed by atoms with E-state index in [9.17, 15) is 5.11 Å². The molecular weight excluding hydrogens is 222 g/mol. The third-order valence-electron chi connectivity index (χ3n) is 3.15. The fourth-order valence-electron chi connectivity index (χ4n) is 2.04. The highest BCUT2D eigenvalue weighted by molar-refractivity contribution is 7.17. The second kappa shape index (κ2) is 3.40. The topological polar surface area (TPSA) is 49.2 Å². The van der Waals surface area contributed by atoms with Gasteiger partial charge in [-0.2, -0.15) is 0 Å². The van der Waals surface area contributed by atoms with Crippen LogP contribution in [0.25, 0.3) is 10.2 Å². The van der Waals surface area contributed by atoms with Crippen LogP contribution in [0.4, 0.5) is 5.82 Å². The average Bonchev–Trinajstić information content (AvgIpc) is 2.72. The Kier molecular flexibility index (Phi) is 2.12. The van der Waals surface area contributed by atoms with Crippen molar-refractivity contribution in [3.63, 3.8) is 0 Å². The first-order valence-electron chi connectivity index (χ1n) is 5.37. The number of β-amino-alcohol motifs (C(OH)–C–C–N with tert-alkyl or cyclic N) is 1. The number of hydrogen-bond acceptors (Lipinski definition) is 5. The van der Waals surface area contributed by atoms with E-state index in [2.05, 4.69) is 14.9 Å². The van der Waals surface area contributed by atoms with Crippen LogP contribution >= 0.6 is 11.3 Å². The van der Waals surface area contributed by atoms with E-state index >= 15 is 0 Å². The molecule has 3 heterocycles. The first kappa shape index (κ1) is 9.99. The molecule has 0 atom stereocenters. The van der Waals surface area contributed by atoms with Crippen LogP contribution in [0, 0.1) is 0 Å². The molecule has 2 aromatic heterocycles. The molecule has 0 bridgehead atoms. The molecular formula is C11H13N3OS. The van der Waals surface area contributed by atoms with Crippen molar-refractivity contribution in [3.05, 3.63) is 17.8 Å². The molecule has 0 saturated carbocycles. The Hall–Kier alpha value is -1.20. The molecule has 0 spiro atoms. The summed E-state index contributed by atoms with van der Waals surface area (Å²) in [6.07, 6.45) is 2.38. The van der Waals surface area contributed by atoms with Crippen molar-refractivity contribution < 1.29 is 5.11 Å². The third kappa shape index (κ3) is 1.39. The predicted molar refractivity (Wildman–Crippen MR) is 64.9 cm³/mol. The normalized spacial score (nSPS) is 18.8. The zero-order valence-corrected chi connectivity index (χ0v) is 9.87. The van der Waals surface area contributed by atoms with Gasteiger partial charge in [0, 0.05) is 0 Å². The van der Waals surface area contributed by atoms with Gasteiger partial charge in [-0.15, -0.1) is 11.3 Å². The molecule has 3 rings (SSSR count). The first-order valence-corrected chi connectivity index (χ1v) is 6.25. The lowest BCUT2D eigenvalue weighted by Gasteiger charge is -2.46. The average molecular weight is 235 g/mol. The van der Waals surface area contributed by atoms with Gasteiger partial charge in [0.25, 0.3) is 0 Å². The molecule has 0 unspecified atom stereocenters. The Morgan fingerprint density at radius 2 is 2.31 bits per heavy atom. The molecule has 1 fully saturated rings. The number of rotatable bonds is 2. The van der Waals surface area contributed by atoms with Crippen LogP contribution in [-0.4, -0.2) is 33.8 Å². The van der Waals surface area contributed by atoms with Crippen LogP contribution in [-0.2, 0) is 0 Å². The van der Waals surface area contributed by atoms with Crippen molar-refractivity contribution in [2.24, 2.45) is 0 Å². The highest BCUT2D eigenvalue weighted by Gasteiger charge is 2.40. The Bertz CT molecular complexity index is 519. The van der Waals surface area contributed by atoms with Crippen LogP contribution in [0.2, 0.25) is 0 Å². The van der Waals surface area contributed by atoms with Crippen LogP contribution in [0.5, 0.6) is 0 Å². The van der Waals surface area contributed by atoms with Crippen LogP contribution in [0.3, 0.4) is 0 Å². The summed E-state index contributed by atoms with van der Waals surface area (Å²) in [4.78, 5) is 10.6. The van der Waals surface area contributed by atoms with Crippen molar-refractivity contribution >= 4 is 27.4 Å². The van der Waals surface area contributed by atoms with Gasteiger partial charge in [0.15, 0.2) is 0 Å². The van der Waals surface area contributed by atoms with Gasteiger partial charge in [-0.05, 0) is 17.9 Å². The van der Waals surface area contributed by atoms with Gasteiger partial charge in [-0.25, -0.2) is 9.97 Å². The molecule has 4 nitrogen and oxygen atoms in total. The number of anilines is 1. The van der Waals surface area contributed by atoms with Crippen molar-refractivity contribution in [1.29, 1.82) is 0 Å². The quantitative estimate of drug-likeness (QED) is 0.860. The van der Waals surface area contributed by atoms with Gasteiger partial charge in [0.1, 0.15) is 12.1 Å². The number of hydrogen-bond donors (Lipinski definition) is 1. The number of aliphatic hydroxyl groups is 1. The standard InChI is InChI=1S/C11H13N3OS/c1-2-11(15)5-14(6-11)10-9-8(3-4-16-9)12-7-13-10/h3-4,7,15H,2,5-6H2,1H3. The summed E-state index contributed by atoms with van der Waals surface area (Å²) in [7, 11) is 0. The molecule has 84 valence electrons. The van der Waals surface area contributed by atoms with Gasteiger partial charge in [0.2, 0.25) is 0 Å². The van der Waals surface area contributed by atoms with E-state index in [0.717, 1.165) is 22.5 Å². The van der Waals surface area contributed by atoms with Gasteiger partial charge in [-0.1, -0.05) is 6.92 Å². The second-order valence-corrected chi connectivity index (χ2v) is 5.18. The Morgan fingerprint density at radius 1 is 1.50 bits per heavy atom. The summed E-state index contributed by atoms with van der Waals surface area (Å²) in [6, 6.07) is 2.00. The van der Waals surface area contributed by atoms with Crippen molar-refractivity contribution in [2.45, 2.75) is 18.9 Å². The number of fused-ring (bicyclic) bond motifs is 1. The Morgan fingerprint density at radius 3 is 3.06 bits per heavy atom. The largest absolute Gasteiger partial charge is 0.386 e. The van der Waals surface area contributed by atoms with E-state index in [1.165, 1.54) is 0 Å². The maximum Gasteiger partial charge on any atom is 0.150 e. The van der Waals surface area contributed by atoms with Gasteiger partial charge in [0.05, 0.1) is 28.9 Å². The zero-order chi connectivity index (χ0) is 11.2. The molecule has 16 heavy (non-hydrogen) atoms. The maximum absolute atomic E-state index is 9.99. The molecule has 0 aliphatic carbocycles. The summed E-state index contributed by atoms with van der Waals surface area (Å²) in [6.45, 7) is 3.36. The lowest BCUT2D eigenvalue weighted by atomic mass is 9.91. The molecule has 0 aromatic carbocycles. The molecule has 2 aromatic rings. The zero-order valence-electron chi connectivity index (χ0n) is 9.05. The minimum Gasteiger partial charge on any atom is -0.386 e. The number of aromatic nitrogens is 2. The SMILES string of the molecule is CCC1(O)CN(c2ncnc3ccsc23)C1. The van der Waals surface area contributed by atoms with E-state index in [1.807, 2.05) is 18.4 Å². The van der Waals surface area contributed by atoms with Crippen LogP contribution in [0.15, 0.2) is 17.8 Å². The number of thiophene rings is 1. The van der Waals surface area contributed by atoms with E-state index in [0.29, 0.717) is 13.1 Å². The van der Waals surface area contributed by atoms with Crippen molar-refractivity contribution in [1.82, 2.24) is 9.97 Å². The van der Waals surface area contributed by atoms with Crippen LogP contribution in [0.1, 0.15) is 13.3 Å². The number of nitrogens with zero attached hydrogens (tertiary/aromatic N) is 3.